The van der Waals surface area contributed by atoms with E-state index >= 15 is 0 Å². The van der Waals surface area contributed by atoms with Crippen molar-refractivity contribution >= 4 is 9.84 Å². The average Bonchev–Trinajstić information content (AvgIpc) is 2.72. The van der Waals surface area contributed by atoms with E-state index in [-0.39, 0.29) is 16.4 Å². The van der Waals surface area contributed by atoms with Crippen molar-refractivity contribution in [2.75, 3.05) is 25.5 Å². The third-order valence-corrected chi connectivity index (χ3v) is 5.84. The van der Waals surface area contributed by atoms with Crippen LogP contribution in [0.3, 0.4) is 0 Å². The van der Waals surface area contributed by atoms with Crippen molar-refractivity contribution in [3.05, 3.63) is 0 Å². The molecule has 2 N–H and O–H groups in total. The highest BCUT2D eigenvalue weighted by molar-refractivity contribution is 7.92. The molecule has 1 aliphatic rings. The molecule has 4 nitrogen and oxygen atoms in total. The van der Waals surface area contributed by atoms with Crippen LogP contribution in [0, 0.1) is 5.41 Å². The molecule has 96 valence electrons. The van der Waals surface area contributed by atoms with E-state index in [1.165, 1.54) is 0 Å². The number of ether oxygens (including phenoxy) is 1. The Hall–Kier alpha value is -0.130. The first kappa shape index (κ1) is 13.9. The van der Waals surface area contributed by atoms with Crippen molar-refractivity contribution in [3.8, 4) is 0 Å². The molecule has 1 rings (SSSR count). The smallest absolute Gasteiger partial charge is 0.152 e. The quantitative estimate of drug-likeness (QED) is 0.761. The maximum atomic E-state index is 11.8. The predicted molar refractivity (Wildman–Crippen MR) is 65.1 cm³/mol. The summed E-state index contributed by atoms with van der Waals surface area (Å²) in [5.74, 6) is 0.229. The topological polar surface area (TPSA) is 69.4 Å². The minimum Gasteiger partial charge on any atom is -0.381 e. The van der Waals surface area contributed by atoms with E-state index in [1.807, 2.05) is 6.92 Å². The zero-order valence-corrected chi connectivity index (χ0v) is 11.1. The second-order valence-corrected chi connectivity index (χ2v) is 7.23. The Morgan fingerprint density at radius 1 is 1.44 bits per heavy atom. The van der Waals surface area contributed by atoms with Crippen molar-refractivity contribution in [2.45, 2.75) is 38.4 Å². The molecule has 0 amide bonds. The Balaban J connectivity index is 2.67. The highest BCUT2D eigenvalue weighted by atomic mass is 32.2. The largest absolute Gasteiger partial charge is 0.381 e. The Bertz CT molecular complexity index is 315. The van der Waals surface area contributed by atoms with E-state index in [9.17, 15) is 8.42 Å². The lowest BCUT2D eigenvalue weighted by Crippen LogP contribution is -2.34. The first-order chi connectivity index (χ1) is 7.49. The summed E-state index contributed by atoms with van der Waals surface area (Å²) >= 11 is 0. The van der Waals surface area contributed by atoms with E-state index < -0.39 is 9.84 Å². The molecule has 0 saturated heterocycles. The lowest BCUT2D eigenvalue weighted by molar-refractivity contribution is 0.0589. The van der Waals surface area contributed by atoms with Gasteiger partial charge in [0.05, 0.1) is 11.9 Å². The van der Waals surface area contributed by atoms with Gasteiger partial charge in [-0.25, -0.2) is 8.42 Å². The third kappa shape index (κ3) is 2.96. The van der Waals surface area contributed by atoms with Crippen LogP contribution in [-0.4, -0.2) is 39.2 Å². The first-order valence-corrected chi connectivity index (χ1v) is 7.70. The van der Waals surface area contributed by atoms with Gasteiger partial charge in [0.2, 0.25) is 0 Å². The number of hydrogen-bond acceptors (Lipinski definition) is 4. The van der Waals surface area contributed by atoms with E-state index in [0.29, 0.717) is 26.2 Å². The molecule has 0 aliphatic heterocycles. The molecule has 1 fully saturated rings. The molecular weight excluding hydrogens is 226 g/mol. The SMILES string of the molecule is CCOC[C@]1(CN)CC[C@H](S(=O)(=O)CC)C1. The zero-order valence-electron chi connectivity index (χ0n) is 10.2. The zero-order chi connectivity index (χ0) is 12.2. The molecule has 0 aromatic rings. The van der Waals surface area contributed by atoms with Crippen molar-refractivity contribution in [1.29, 1.82) is 0 Å². The van der Waals surface area contributed by atoms with Gasteiger partial charge in [-0.1, -0.05) is 6.92 Å². The molecule has 0 aromatic heterocycles. The van der Waals surface area contributed by atoms with Gasteiger partial charge in [0, 0.05) is 24.3 Å². The van der Waals surface area contributed by atoms with Crippen LogP contribution in [0.2, 0.25) is 0 Å². The summed E-state index contributed by atoms with van der Waals surface area (Å²) in [5.41, 5.74) is 5.67. The fourth-order valence-corrected chi connectivity index (χ4v) is 3.95. The number of hydrogen-bond donors (Lipinski definition) is 1. The maximum absolute atomic E-state index is 11.8. The van der Waals surface area contributed by atoms with Crippen LogP contribution in [-0.2, 0) is 14.6 Å². The van der Waals surface area contributed by atoms with Crippen LogP contribution >= 0.6 is 0 Å². The maximum Gasteiger partial charge on any atom is 0.152 e. The van der Waals surface area contributed by atoms with E-state index in [2.05, 4.69) is 0 Å². The molecule has 0 aromatic carbocycles. The Kier molecular flexibility index (Phi) is 4.76. The monoisotopic (exact) mass is 249 g/mol. The summed E-state index contributed by atoms with van der Waals surface area (Å²) in [6.45, 7) is 5.42. The third-order valence-electron chi connectivity index (χ3n) is 3.61. The second kappa shape index (κ2) is 5.47. The van der Waals surface area contributed by atoms with Gasteiger partial charge in [0.25, 0.3) is 0 Å². The molecule has 1 saturated carbocycles. The van der Waals surface area contributed by atoms with Crippen LogP contribution < -0.4 is 5.73 Å². The van der Waals surface area contributed by atoms with E-state index in [1.54, 1.807) is 6.92 Å². The Labute approximate surface area is 98.5 Å². The van der Waals surface area contributed by atoms with Crippen LogP contribution in [0.5, 0.6) is 0 Å². The second-order valence-electron chi connectivity index (χ2n) is 4.66. The minimum absolute atomic E-state index is 0.108. The minimum atomic E-state index is -2.92. The van der Waals surface area contributed by atoms with E-state index in [0.717, 1.165) is 12.8 Å². The van der Waals surface area contributed by atoms with Crippen molar-refractivity contribution in [3.63, 3.8) is 0 Å². The van der Waals surface area contributed by atoms with E-state index in [4.69, 9.17) is 10.5 Å². The lowest BCUT2D eigenvalue weighted by atomic mass is 9.87. The van der Waals surface area contributed by atoms with Gasteiger partial charge in [-0.3, -0.25) is 0 Å². The molecule has 0 heterocycles. The summed E-state index contributed by atoms with van der Waals surface area (Å²) < 4.78 is 29.0. The van der Waals surface area contributed by atoms with Gasteiger partial charge in [-0.05, 0) is 26.2 Å². The molecule has 0 unspecified atom stereocenters. The number of nitrogens with two attached hydrogens (primary N) is 1. The Morgan fingerprint density at radius 3 is 2.62 bits per heavy atom. The molecule has 5 heteroatoms. The van der Waals surface area contributed by atoms with Gasteiger partial charge < -0.3 is 10.5 Å². The van der Waals surface area contributed by atoms with Crippen molar-refractivity contribution in [2.24, 2.45) is 11.1 Å². The molecule has 0 spiro atoms. The summed E-state index contributed by atoms with van der Waals surface area (Å²) in [6.07, 6.45) is 2.27. The molecule has 16 heavy (non-hydrogen) atoms. The molecule has 1 aliphatic carbocycles. The lowest BCUT2D eigenvalue weighted by Gasteiger charge is -2.27. The molecule has 0 bridgehead atoms. The summed E-state index contributed by atoms with van der Waals surface area (Å²) in [5, 5.41) is -0.207. The van der Waals surface area contributed by atoms with Gasteiger partial charge in [-0.15, -0.1) is 0 Å². The summed E-state index contributed by atoms with van der Waals surface area (Å²) in [7, 11) is -2.92. The van der Waals surface area contributed by atoms with Gasteiger partial charge in [-0.2, -0.15) is 0 Å². The first-order valence-electron chi connectivity index (χ1n) is 5.99. The van der Waals surface area contributed by atoms with Gasteiger partial charge in [0.1, 0.15) is 0 Å². The van der Waals surface area contributed by atoms with Crippen LogP contribution in [0.15, 0.2) is 0 Å². The fraction of sp³-hybridized carbons (Fsp3) is 1.00. The molecular formula is C11H23NO3S. The van der Waals surface area contributed by atoms with Crippen molar-refractivity contribution < 1.29 is 13.2 Å². The standard InChI is InChI=1S/C11H23NO3S/c1-3-15-9-11(8-12)6-5-10(7-11)16(13,14)4-2/h10H,3-9,12H2,1-2H3/t10-,11+/m0/s1. The average molecular weight is 249 g/mol. The molecule has 0 radical (unpaired) electrons. The van der Waals surface area contributed by atoms with Gasteiger partial charge >= 0.3 is 0 Å². The number of sulfone groups is 1. The highest BCUT2D eigenvalue weighted by Crippen LogP contribution is 2.40. The van der Waals surface area contributed by atoms with Crippen LogP contribution in [0.25, 0.3) is 0 Å². The fourth-order valence-electron chi connectivity index (χ4n) is 2.39. The normalized spacial score (nSPS) is 30.8. The van der Waals surface area contributed by atoms with Gasteiger partial charge in [0.15, 0.2) is 9.84 Å². The van der Waals surface area contributed by atoms with Crippen LogP contribution in [0.4, 0.5) is 0 Å². The predicted octanol–water partition coefficient (Wildman–Crippen LogP) is 0.955. The Morgan fingerprint density at radius 2 is 2.12 bits per heavy atom. The van der Waals surface area contributed by atoms with Crippen LogP contribution in [0.1, 0.15) is 33.1 Å². The van der Waals surface area contributed by atoms with Crippen molar-refractivity contribution in [1.82, 2.24) is 0 Å². The number of rotatable bonds is 6. The summed E-state index contributed by atoms with van der Waals surface area (Å²) in [4.78, 5) is 0. The summed E-state index contributed by atoms with van der Waals surface area (Å²) in [6, 6.07) is 0. The highest BCUT2D eigenvalue weighted by Gasteiger charge is 2.42. The molecule has 2 atom stereocenters.